The minimum Gasteiger partial charge on any atom is -0.322 e. The van der Waals surface area contributed by atoms with E-state index < -0.39 is 0 Å². The molecule has 0 bridgehead atoms. The second-order valence-corrected chi connectivity index (χ2v) is 6.46. The van der Waals surface area contributed by atoms with Crippen molar-refractivity contribution in [1.29, 1.82) is 5.26 Å². The first-order chi connectivity index (χ1) is 13.3. The van der Waals surface area contributed by atoms with Crippen LogP contribution in [0.15, 0.2) is 66.9 Å². The van der Waals surface area contributed by atoms with Crippen molar-refractivity contribution < 1.29 is 0 Å². The summed E-state index contributed by atoms with van der Waals surface area (Å²) in [5, 5.41) is 16.9. The van der Waals surface area contributed by atoms with E-state index in [4.69, 9.17) is 0 Å². The van der Waals surface area contributed by atoms with E-state index in [-0.39, 0.29) is 0 Å². The van der Waals surface area contributed by atoms with Crippen molar-refractivity contribution in [1.82, 2.24) is 14.6 Å². The predicted molar refractivity (Wildman–Crippen MR) is 106 cm³/mol. The molecule has 0 atom stereocenters. The van der Waals surface area contributed by atoms with Crippen LogP contribution < -0.4 is 5.32 Å². The molecule has 128 valence electrons. The number of nitriles is 1. The van der Waals surface area contributed by atoms with Crippen molar-refractivity contribution in [3.63, 3.8) is 0 Å². The molecule has 2 heterocycles. The maximum Gasteiger partial charge on any atom is 0.247 e. The molecule has 0 aliphatic heterocycles. The number of rotatable bonds is 3. The van der Waals surface area contributed by atoms with Crippen LogP contribution in [-0.2, 0) is 6.42 Å². The average Bonchev–Trinajstić information content (AvgIpc) is 3.33. The van der Waals surface area contributed by atoms with Gasteiger partial charge in [-0.05, 0) is 53.4 Å². The predicted octanol–water partition coefficient (Wildman–Crippen LogP) is 4.58. The Balaban J connectivity index is 1.50. The molecule has 5 rings (SSSR count). The summed E-state index contributed by atoms with van der Waals surface area (Å²) in [6.45, 7) is 0. The van der Waals surface area contributed by atoms with Crippen LogP contribution in [0.25, 0.3) is 22.9 Å². The van der Waals surface area contributed by atoms with Crippen LogP contribution in [0.4, 0.5) is 11.6 Å². The molecular weight excluding hydrogens is 334 g/mol. The fraction of sp³-hybridized carbons (Fsp3) is 0.0455. The van der Waals surface area contributed by atoms with E-state index in [0.717, 1.165) is 23.2 Å². The van der Waals surface area contributed by atoms with E-state index in [1.807, 2.05) is 30.5 Å². The number of nitrogens with zero attached hydrogens (tertiary/aromatic N) is 4. The minimum absolute atomic E-state index is 0.465. The van der Waals surface area contributed by atoms with Gasteiger partial charge in [-0.25, -0.2) is 4.52 Å². The van der Waals surface area contributed by atoms with Crippen molar-refractivity contribution >= 4 is 23.4 Å². The Kier molecular flexibility index (Phi) is 3.48. The summed E-state index contributed by atoms with van der Waals surface area (Å²) in [5.74, 6) is 0.465. The van der Waals surface area contributed by atoms with Crippen molar-refractivity contribution in [2.75, 3.05) is 5.32 Å². The molecule has 5 nitrogen and oxygen atoms in total. The van der Waals surface area contributed by atoms with E-state index in [1.54, 1.807) is 10.6 Å². The number of hydrogen-bond acceptors (Lipinski definition) is 4. The first kappa shape index (κ1) is 15.4. The average molecular weight is 349 g/mol. The summed E-state index contributed by atoms with van der Waals surface area (Å²) >= 11 is 0. The van der Waals surface area contributed by atoms with E-state index in [2.05, 4.69) is 57.9 Å². The Morgan fingerprint density at radius 1 is 1.04 bits per heavy atom. The molecule has 0 fully saturated rings. The van der Waals surface area contributed by atoms with Gasteiger partial charge in [-0.15, -0.1) is 5.10 Å². The molecule has 0 radical (unpaired) electrons. The zero-order chi connectivity index (χ0) is 18.2. The summed E-state index contributed by atoms with van der Waals surface area (Å²) in [4.78, 5) is 4.50. The Morgan fingerprint density at radius 3 is 2.85 bits per heavy atom. The molecule has 0 amide bonds. The van der Waals surface area contributed by atoms with Gasteiger partial charge in [0.1, 0.15) is 6.07 Å². The highest BCUT2D eigenvalue weighted by atomic mass is 15.3. The van der Waals surface area contributed by atoms with Crippen molar-refractivity contribution in [3.8, 4) is 17.2 Å². The summed E-state index contributed by atoms with van der Waals surface area (Å²) in [5.41, 5.74) is 6.88. The lowest BCUT2D eigenvalue weighted by molar-refractivity contribution is 0.967. The fourth-order valence-electron chi connectivity index (χ4n) is 3.35. The van der Waals surface area contributed by atoms with Gasteiger partial charge in [-0.3, -0.25) is 0 Å². The maximum absolute atomic E-state index is 9.22. The summed E-state index contributed by atoms with van der Waals surface area (Å²) in [6.07, 6.45) is 7.34. The number of fused-ring (bicyclic) bond motifs is 2. The molecule has 4 aromatic rings. The number of pyridine rings is 1. The number of benzene rings is 2. The van der Waals surface area contributed by atoms with E-state index in [1.165, 1.54) is 11.1 Å². The normalized spacial score (nSPS) is 12.1. The Hall–Kier alpha value is -3.91. The minimum atomic E-state index is 0.465. The van der Waals surface area contributed by atoms with E-state index >= 15 is 0 Å². The quantitative estimate of drug-likeness (QED) is 0.588. The summed E-state index contributed by atoms with van der Waals surface area (Å²) in [7, 11) is 0. The third-order valence-corrected chi connectivity index (χ3v) is 4.74. The maximum atomic E-state index is 9.22. The van der Waals surface area contributed by atoms with Gasteiger partial charge < -0.3 is 5.32 Å². The van der Waals surface area contributed by atoms with Crippen LogP contribution >= 0.6 is 0 Å². The standard InChI is InChI=1S/C22H15N5/c23-13-18-4-1-2-7-20(18)24-22-25-21-11-10-19(14-27(21)26-22)17-9-8-15-5-3-6-16(15)12-17/h1-4,6-12,14H,5H2,(H,24,26). The third kappa shape index (κ3) is 2.74. The molecule has 27 heavy (non-hydrogen) atoms. The number of aromatic nitrogens is 3. The van der Waals surface area contributed by atoms with Crippen LogP contribution in [0, 0.1) is 11.3 Å². The molecule has 0 spiro atoms. The Labute approximate surface area is 156 Å². The van der Waals surface area contributed by atoms with E-state index in [9.17, 15) is 5.26 Å². The molecule has 2 aromatic carbocycles. The van der Waals surface area contributed by atoms with Gasteiger partial charge in [0.2, 0.25) is 5.95 Å². The van der Waals surface area contributed by atoms with Gasteiger partial charge >= 0.3 is 0 Å². The third-order valence-electron chi connectivity index (χ3n) is 4.74. The Bertz CT molecular complexity index is 1240. The molecule has 2 aromatic heterocycles. The van der Waals surface area contributed by atoms with Crippen molar-refractivity contribution in [2.45, 2.75) is 6.42 Å². The molecule has 0 saturated heterocycles. The van der Waals surface area contributed by atoms with Crippen molar-refractivity contribution in [3.05, 3.63) is 83.6 Å². The second kappa shape index (κ2) is 6.11. The van der Waals surface area contributed by atoms with Gasteiger partial charge in [0, 0.05) is 11.8 Å². The van der Waals surface area contributed by atoms with Gasteiger partial charge in [-0.2, -0.15) is 10.2 Å². The van der Waals surface area contributed by atoms with Crippen LogP contribution in [0.2, 0.25) is 0 Å². The zero-order valence-electron chi connectivity index (χ0n) is 14.4. The summed E-state index contributed by atoms with van der Waals surface area (Å²) in [6, 6.07) is 20.0. The first-order valence-electron chi connectivity index (χ1n) is 8.72. The molecule has 0 unspecified atom stereocenters. The monoisotopic (exact) mass is 349 g/mol. The highest BCUT2D eigenvalue weighted by molar-refractivity contribution is 5.72. The lowest BCUT2D eigenvalue weighted by Crippen LogP contribution is -1.95. The number of anilines is 2. The highest BCUT2D eigenvalue weighted by Crippen LogP contribution is 2.27. The van der Waals surface area contributed by atoms with Crippen molar-refractivity contribution in [2.24, 2.45) is 0 Å². The van der Waals surface area contributed by atoms with Crippen LogP contribution in [-0.4, -0.2) is 14.6 Å². The van der Waals surface area contributed by atoms with Gasteiger partial charge in [-0.1, -0.05) is 36.4 Å². The van der Waals surface area contributed by atoms with Crippen LogP contribution in [0.3, 0.4) is 0 Å². The largest absolute Gasteiger partial charge is 0.322 e. The van der Waals surface area contributed by atoms with E-state index in [0.29, 0.717) is 17.2 Å². The molecule has 1 aliphatic rings. The smallest absolute Gasteiger partial charge is 0.247 e. The van der Waals surface area contributed by atoms with Gasteiger partial charge in [0.05, 0.1) is 11.3 Å². The molecule has 1 N–H and O–H groups in total. The number of hydrogen-bond donors (Lipinski definition) is 1. The number of para-hydroxylation sites is 1. The second-order valence-electron chi connectivity index (χ2n) is 6.46. The van der Waals surface area contributed by atoms with Gasteiger partial charge in [0.25, 0.3) is 0 Å². The molecular formula is C22H15N5. The van der Waals surface area contributed by atoms with Crippen LogP contribution in [0.5, 0.6) is 0 Å². The summed E-state index contributed by atoms with van der Waals surface area (Å²) < 4.78 is 1.76. The number of allylic oxidation sites excluding steroid dienone is 1. The lowest BCUT2D eigenvalue weighted by Gasteiger charge is -2.05. The number of nitrogens with one attached hydrogen (secondary N) is 1. The van der Waals surface area contributed by atoms with Crippen LogP contribution in [0.1, 0.15) is 16.7 Å². The highest BCUT2D eigenvalue weighted by Gasteiger charge is 2.10. The molecule has 0 saturated carbocycles. The van der Waals surface area contributed by atoms with Gasteiger partial charge in [0.15, 0.2) is 5.65 Å². The fourth-order valence-corrected chi connectivity index (χ4v) is 3.35. The zero-order valence-corrected chi connectivity index (χ0v) is 14.4. The SMILES string of the molecule is N#Cc1ccccc1Nc1nc2ccc(-c3ccc4c(c3)C=CC4)cn2n1. The topological polar surface area (TPSA) is 66.0 Å². The molecule has 5 heteroatoms. The molecule has 1 aliphatic carbocycles. The lowest BCUT2D eigenvalue weighted by atomic mass is 10.0. The first-order valence-corrected chi connectivity index (χ1v) is 8.72. The Morgan fingerprint density at radius 2 is 1.93 bits per heavy atom.